The summed E-state index contributed by atoms with van der Waals surface area (Å²) < 4.78 is 1.75. The Morgan fingerprint density at radius 1 is 1.26 bits per heavy atom. The highest BCUT2D eigenvalue weighted by Gasteiger charge is 2.07. The second kappa shape index (κ2) is 7.02. The first-order valence-corrected chi connectivity index (χ1v) is 7.87. The molecule has 0 aliphatic heterocycles. The summed E-state index contributed by atoms with van der Waals surface area (Å²) in [5.74, 6) is 0.166. The Morgan fingerprint density at radius 3 is 2.74 bits per heavy atom. The SMILES string of the molecule is O=C(CSc1ncccn1)Nc1cc(Br)ccc1Br. The molecule has 0 saturated carbocycles. The second-order valence-corrected chi connectivity index (χ2v) is 6.20. The van der Waals surface area contributed by atoms with Gasteiger partial charge in [0.1, 0.15) is 0 Å². The van der Waals surface area contributed by atoms with E-state index in [1.807, 2.05) is 18.2 Å². The number of benzene rings is 1. The van der Waals surface area contributed by atoms with E-state index >= 15 is 0 Å². The third kappa shape index (κ3) is 4.59. The molecule has 0 atom stereocenters. The third-order valence-electron chi connectivity index (χ3n) is 2.08. The van der Waals surface area contributed by atoms with Crippen LogP contribution in [0.4, 0.5) is 5.69 Å². The van der Waals surface area contributed by atoms with Gasteiger partial charge in [0, 0.05) is 21.3 Å². The topological polar surface area (TPSA) is 54.9 Å². The molecule has 19 heavy (non-hydrogen) atoms. The van der Waals surface area contributed by atoms with Crippen LogP contribution in [0, 0.1) is 0 Å². The van der Waals surface area contributed by atoms with Crippen molar-refractivity contribution in [1.82, 2.24) is 9.97 Å². The van der Waals surface area contributed by atoms with E-state index in [0.717, 1.165) is 14.6 Å². The quantitative estimate of drug-likeness (QED) is 0.625. The van der Waals surface area contributed by atoms with Gasteiger partial charge in [0.05, 0.1) is 11.4 Å². The van der Waals surface area contributed by atoms with E-state index < -0.39 is 0 Å². The molecule has 1 N–H and O–H groups in total. The van der Waals surface area contributed by atoms with Crippen LogP contribution >= 0.6 is 43.6 Å². The van der Waals surface area contributed by atoms with E-state index in [2.05, 4.69) is 47.1 Å². The molecule has 1 aromatic heterocycles. The molecule has 0 spiro atoms. The number of halogens is 2. The number of thioether (sulfide) groups is 1. The minimum atomic E-state index is -0.101. The molecular weight excluding hydrogens is 394 g/mol. The number of nitrogens with one attached hydrogen (secondary N) is 1. The number of rotatable bonds is 4. The van der Waals surface area contributed by atoms with Gasteiger partial charge in [0.2, 0.25) is 5.91 Å². The summed E-state index contributed by atoms with van der Waals surface area (Å²) in [6.07, 6.45) is 3.30. The number of amides is 1. The largest absolute Gasteiger partial charge is 0.324 e. The molecule has 1 heterocycles. The molecule has 0 saturated heterocycles. The summed E-state index contributed by atoms with van der Waals surface area (Å²) in [4.78, 5) is 19.9. The number of aromatic nitrogens is 2. The molecule has 0 aliphatic rings. The normalized spacial score (nSPS) is 10.2. The summed E-state index contributed by atoms with van der Waals surface area (Å²) in [7, 11) is 0. The molecule has 1 amide bonds. The van der Waals surface area contributed by atoms with Crippen molar-refractivity contribution in [3.05, 3.63) is 45.6 Å². The van der Waals surface area contributed by atoms with Crippen molar-refractivity contribution in [2.75, 3.05) is 11.1 Å². The number of carbonyl (C=O) groups is 1. The predicted molar refractivity (Wildman–Crippen MR) is 83.2 cm³/mol. The van der Waals surface area contributed by atoms with E-state index in [-0.39, 0.29) is 11.7 Å². The fraction of sp³-hybridized carbons (Fsp3) is 0.0833. The van der Waals surface area contributed by atoms with E-state index in [9.17, 15) is 4.79 Å². The molecule has 0 radical (unpaired) electrons. The van der Waals surface area contributed by atoms with Gasteiger partial charge in [-0.25, -0.2) is 9.97 Å². The Kier molecular flexibility index (Phi) is 5.35. The summed E-state index contributed by atoms with van der Waals surface area (Å²) in [6, 6.07) is 7.34. The first kappa shape index (κ1) is 14.5. The maximum Gasteiger partial charge on any atom is 0.234 e. The molecule has 0 unspecified atom stereocenters. The maximum atomic E-state index is 11.8. The highest BCUT2D eigenvalue weighted by Crippen LogP contribution is 2.26. The summed E-state index contributed by atoms with van der Waals surface area (Å²) in [5.41, 5.74) is 0.731. The van der Waals surface area contributed by atoms with Gasteiger partial charge in [-0.05, 0) is 40.2 Å². The van der Waals surface area contributed by atoms with Gasteiger partial charge in [-0.1, -0.05) is 27.7 Å². The van der Waals surface area contributed by atoms with Crippen LogP contribution in [0.3, 0.4) is 0 Å². The van der Waals surface area contributed by atoms with Gasteiger partial charge in [0.15, 0.2) is 5.16 Å². The molecule has 98 valence electrons. The summed E-state index contributed by atoms with van der Waals surface area (Å²) in [6.45, 7) is 0. The maximum absolute atomic E-state index is 11.8. The van der Waals surface area contributed by atoms with Crippen molar-refractivity contribution in [1.29, 1.82) is 0 Å². The predicted octanol–water partition coefficient (Wildman–Crippen LogP) is 3.73. The molecule has 2 rings (SSSR count). The third-order valence-corrected chi connectivity index (χ3v) is 4.14. The Bertz CT molecular complexity index is 580. The van der Waals surface area contributed by atoms with Crippen LogP contribution in [0.1, 0.15) is 0 Å². The number of hydrogen-bond acceptors (Lipinski definition) is 4. The van der Waals surface area contributed by atoms with Gasteiger partial charge in [-0.2, -0.15) is 0 Å². The van der Waals surface area contributed by atoms with Crippen molar-refractivity contribution in [3.8, 4) is 0 Å². The van der Waals surface area contributed by atoms with E-state index in [1.54, 1.807) is 18.5 Å². The second-order valence-electron chi connectivity index (χ2n) is 3.49. The van der Waals surface area contributed by atoms with Crippen LogP contribution in [0.5, 0.6) is 0 Å². The van der Waals surface area contributed by atoms with Gasteiger partial charge in [0.25, 0.3) is 0 Å². The van der Waals surface area contributed by atoms with Crippen LogP contribution in [-0.4, -0.2) is 21.6 Å². The van der Waals surface area contributed by atoms with Gasteiger partial charge >= 0.3 is 0 Å². The molecule has 4 nitrogen and oxygen atoms in total. The molecule has 2 aromatic rings. The average Bonchev–Trinajstić information content (AvgIpc) is 2.42. The van der Waals surface area contributed by atoms with Crippen LogP contribution in [0.15, 0.2) is 50.8 Å². The summed E-state index contributed by atoms with van der Waals surface area (Å²) >= 11 is 8.05. The van der Waals surface area contributed by atoms with Crippen molar-refractivity contribution >= 4 is 55.2 Å². The molecule has 0 fully saturated rings. The van der Waals surface area contributed by atoms with Crippen molar-refractivity contribution < 1.29 is 4.79 Å². The standard InChI is InChI=1S/C12H9Br2N3OS/c13-8-2-3-9(14)10(6-8)17-11(18)7-19-12-15-4-1-5-16-12/h1-6H,7H2,(H,17,18). The first-order valence-electron chi connectivity index (χ1n) is 5.30. The van der Waals surface area contributed by atoms with Crippen molar-refractivity contribution in [2.45, 2.75) is 5.16 Å². The van der Waals surface area contributed by atoms with Crippen LogP contribution in [0.2, 0.25) is 0 Å². The lowest BCUT2D eigenvalue weighted by Crippen LogP contribution is -2.14. The van der Waals surface area contributed by atoms with E-state index in [0.29, 0.717) is 5.16 Å². The van der Waals surface area contributed by atoms with Crippen LogP contribution in [-0.2, 0) is 4.79 Å². The van der Waals surface area contributed by atoms with Crippen LogP contribution < -0.4 is 5.32 Å². The Labute approximate surface area is 131 Å². The number of nitrogens with zero attached hydrogens (tertiary/aromatic N) is 2. The zero-order chi connectivity index (χ0) is 13.7. The summed E-state index contributed by atoms with van der Waals surface area (Å²) in [5, 5.41) is 3.42. The lowest BCUT2D eigenvalue weighted by Gasteiger charge is -2.07. The lowest BCUT2D eigenvalue weighted by molar-refractivity contribution is -0.113. The van der Waals surface area contributed by atoms with E-state index in [1.165, 1.54) is 11.8 Å². The van der Waals surface area contributed by atoms with Gasteiger partial charge < -0.3 is 5.32 Å². The lowest BCUT2D eigenvalue weighted by atomic mass is 10.3. The molecule has 1 aromatic carbocycles. The van der Waals surface area contributed by atoms with Crippen LogP contribution in [0.25, 0.3) is 0 Å². The first-order chi connectivity index (χ1) is 9.15. The highest BCUT2D eigenvalue weighted by atomic mass is 79.9. The van der Waals surface area contributed by atoms with Gasteiger partial charge in [-0.3, -0.25) is 4.79 Å². The van der Waals surface area contributed by atoms with Gasteiger partial charge in [-0.15, -0.1) is 0 Å². The highest BCUT2D eigenvalue weighted by molar-refractivity contribution is 9.11. The molecular formula is C12H9Br2N3OS. The zero-order valence-corrected chi connectivity index (χ0v) is 13.6. The number of hydrogen-bond donors (Lipinski definition) is 1. The monoisotopic (exact) mass is 401 g/mol. The van der Waals surface area contributed by atoms with E-state index in [4.69, 9.17) is 0 Å². The molecule has 0 aliphatic carbocycles. The Morgan fingerprint density at radius 2 is 2.00 bits per heavy atom. The number of carbonyl (C=O) groups excluding carboxylic acids is 1. The minimum absolute atomic E-state index is 0.101. The van der Waals surface area contributed by atoms with Crippen molar-refractivity contribution in [3.63, 3.8) is 0 Å². The minimum Gasteiger partial charge on any atom is -0.324 e. The average molecular weight is 403 g/mol. The Balaban J connectivity index is 1.93. The van der Waals surface area contributed by atoms with Crippen molar-refractivity contribution in [2.24, 2.45) is 0 Å². The fourth-order valence-corrected chi connectivity index (χ4v) is 2.58. The Hall–Kier alpha value is -0.920. The zero-order valence-electron chi connectivity index (χ0n) is 9.64. The molecule has 7 heteroatoms. The fourth-order valence-electron chi connectivity index (χ4n) is 1.27. The smallest absolute Gasteiger partial charge is 0.234 e. The molecule has 0 bridgehead atoms. The number of anilines is 1.